The van der Waals surface area contributed by atoms with E-state index < -0.39 is 0 Å². The van der Waals surface area contributed by atoms with Crippen LogP contribution in [0, 0.1) is 40.4 Å². The Balaban J connectivity index is 1.68. The van der Waals surface area contributed by atoms with Crippen molar-refractivity contribution in [1.29, 1.82) is 0 Å². The van der Waals surface area contributed by atoms with Gasteiger partial charge in [0.25, 0.3) is 0 Å². The molecular weight excluding hydrogens is 280 g/mol. The molecule has 0 bridgehead atoms. The van der Waals surface area contributed by atoms with Crippen molar-refractivity contribution in [3.05, 3.63) is 11.6 Å². The van der Waals surface area contributed by atoms with Crippen molar-refractivity contribution >= 4 is 5.78 Å². The summed E-state index contributed by atoms with van der Waals surface area (Å²) in [4.78, 5) is 13.0. The largest absolute Gasteiger partial charge is 0.299 e. The lowest BCUT2D eigenvalue weighted by molar-refractivity contribution is -0.134. The molecule has 0 amide bonds. The minimum atomic E-state index is 0.00546. The number of carbonyl (C=O) groups excluding carboxylic acids is 1. The van der Waals surface area contributed by atoms with Crippen LogP contribution in [0.25, 0.3) is 0 Å². The van der Waals surface area contributed by atoms with Crippen LogP contribution >= 0.6 is 0 Å². The third-order valence-electron chi connectivity index (χ3n) is 8.70. The van der Waals surface area contributed by atoms with E-state index in [2.05, 4.69) is 33.8 Å². The molecule has 4 aliphatic carbocycles. The topological polar surface area (TPSA) is 17.1 Å². The molecule has 0 saturated heterocycles. The summed E-state index contributed by atoms with van der Waals surface area (Å²) in [6, 6.07) is 0. The molecular formula is C22H34O. The molecule has 3 saturated carbocycles. The summed E-state index contributed by atoms with van der Waals surface area (Å²) in [6.07, 6.45) is 12.7. The third kappa shape index (κ3) is 2.07. The van der Waals surface area contributed by atoms with E-state index in [1.165, 1.54) is 38.5 Å². The highest BCUT2D eigenvalue weighted by Gasteiger charge is 2.60. The third-order valence-corrected chi connectivity index (χ3v) is 8.70. The Morgan fingerprint density at radius 3 is 2.61 bits per heavy atom. The van der Waals surface area contributed by atoms with Crippen molar-refractivity contribution < 1.29 is 4.79 Å². The normalized spacial score (nSPS) is 52.4. The number of ketones is 1. The highest BCUT2D eigenvalue weighted by atomic mass is 16.1. The summed E-state index contributed by atoms with van der Waals surface area (Å²) >= 11 is 0. The van der Waals surface area contributed by atoms with Gasteiger partial charge in [-0.15, -0.1) is 0 Å². The van der Waals surface area contributed by atoms with Crippen LogP contribution in [0.4, 0.5) is 0 Å². The summed E-state index contributed by atoms with van der Waals surface area (Å²) in [7, 11) is 0. The van der Waals surface area contributed by atoms with E-state index in [1.54, 1.807) is 5.57 Å². The van der Waals surface area contributed by atoms with Gasteiger partial charge in [0.05, 0.1) is 0 Å². The van der Waals surface area contributed by atoms with Crippen LogP contribution in [0.2, 0.25) is 0 Å². The predicted molar refractivity (Wildman–Crippen MR) is 95.0 cm³/mol. The van der Waals surface area contributed by atoms with Crippen LogP contribution < -0.4 is 0 Å². The molecule has 2 unspecified atom stereocenters. The number of hydrogen-bond acceptors (Lipinski definition) is 1. The predicted octanol–water partition coefficient (Wildman–Crippen LogP) is 5.79. The molecule has 0 aromatic carbocycles. The first kappa shape index (κ1) is 15.9. The number of hydrogen-bond donors (Lipinski definition) is 0. The van der Waals surface area contributed by atoms with Crippen LogP contribution in [0.3, 0.4) is 0 Å². The average molecular weight is 315 g/mol. The Hall–Kier alpha value is -0.590. The van der Waals surface area contributed by atoms with Crippen LogP contribution in [0.15, 0.2) is 11.6 Å². The van der Waals surface area contributed by atoms with E-state index in [9.17, 15) is 4.79 Å². The molecule has 1 nitrogen and oxygen atoms in total. The van der Waals surface area contributed by atoms with E-state index in [0.29, 0.717) is 23.0 Å². The second-order valence-corrected chi connectivity index (χ2v) is 9.77. The molecule has 4 rings (SSSR count). The maximum absolute atomic E-state index is 13.0. The van der Waals surface area contributed by atoms with Gasteiger partial charge in [-0.05, 0) is 80.5 Å². The first-order chi connectivity index (χ1) is 10.9. The molecule has 3 fully saturated rings. The molecule has 0 N–H and O–H groups in total. The fourth-order valence-corrected chi connectivity index (χ4v) is 7.14. The maximum Gasteiger partial charge on any atom is 0.142 e. The van der Waals surface area contributed by atoms with Crippen LogP contribution in [-0.2, 0) is 4.79 Å². The van der Waals surface area contributed by atoms with Gasteiger partial charge in [-0.25, -0.2) is 0 Å². The highest BCUT2D eigenvalue weighted by Crippen LogP contribution is 2.65. The molecule has 0 aromatic heterocycles. The van der Waals surface area contributed by atoms with Gasteiger partial charge in [-0.2, -0.15) is 0 Å². The quantitative estimate of drug-likeness (QED) is 0.560. The Bertz CT molecular complexity index is 546. The number of allylic oxidation sites excluding steroid dienone is 2. The van der Waals surface area contributed by atoms with Gasteiger partial charge in [0.15, 0.2) is 0 Å². The molecule has 23 heavy (non-hydrogen) atoms. The molecule has 0 radical (unpaired) electrons. The van der Waals surface area contributed by atoms with E-state index >= 15 is 0 Å². The van der Waals surface area contributed by atoms with Crippen molar-refractivity contribution in [1.82, 2.24) is 0 Å². The number of Topliss-reactive ketones (excluding diaryl/α,β-unsaturated/α-hetero) is 1. The second kappa shape index (κ2) is 5.20. The fourth-order valence-electron chi connectivity index (χ4n) is 7.14. The fraction of sp³-hybridized carbons (Fsp3) is 0.864. The lowest BCUT2D eigenvalue weighted by Crippen LogP contribution is -2.50. The van der Waals surface area contributed by atoms with Gasteiger partial charge in [-0.3, -0.25) is 4.79 Å². The van der Waals surface area contributed by atoms with Gasteiger partial charge in [-0.1, -0.05) is 39.3 Å². The smallest absolute Gasteiger partial charge is 0.142 e. The van der Waals surface area contributed by atoms with Crippen molar-refractivity contribution in [3.63, 3.8) is 0 Å². The molecule has 128 valence electrons. The van der Waals surface area contributed by atoms with E-state index in [-0.39, 0.29) is 5.41 Å². The molecule has 0 spiro atoms. The van der Waals surface area contributed by atoms with Crippen molar-refractivity contribution in [2.75, 3.05) is 0 Å². The van der Waals surface area contributed by atoms with Gasteiger partial charge in [0.1, 0.15) is 5.78 Å². The van der Waals surface area contributed by atoms with Gasteiger partial charge in [0, 0.05) is 11.3 Å². The van der Waals surface area contributed by atoms with Gasteiger partial charge in [0.2, 0.25) is 0 Å². The molecule has 0 aromatic rings. The maximum atomic E-state index is 13.0. The van der Waals surface area contributed by atoms with Gasteiger partial charge >= 0.3 is 0 Å². The summed E-state index contributed by atoms with van der Waals surface area (Å²) in [5, 5.41) is 0. The summed E-state index contributed by atoms with van der Waals surface area (Å²) < 4.78 is 0. The average Bonchev–Trinajstić information content (AvgIpc) is 2.79. The molecule has 0 heterocycles. The number of fused-ring (bicyclic) bond motifs is 5. The Morgan fingerprint density at radius 2 is 1.87 bits per heavy atom. The first-order valence-electron chi connectivity index (χ1n) is 10.1. The first-order valence-corrected chi connectivity index (χ1v) is 10.1. The Kier molecular flexibility index (Phi) is 3.60. The molecule has 4 aliphatic rings. The van der Waals surface area contributed by atoms with Crippen molar-refractivity contribution in [3.8, 4) is 0 Å². The van der Waals surface area contributed by atoms with Crippen LogP contribution in [-0.4, -0.2) is 5.78 Å². The second-order valence-electron chi connectivity index (χ2n) is 9.77. The Labute approximate surface area is 142 Å². The molecule has 1 heteroatoms. The minimum absolute atomic E-state index is 0.00546. The molecule has 7 atom stereocenters. The summed E-state index contributed by atoms with van der Waals surface area (Å²) in [5.74, 6) is 4.12. The standard InChI is InChI=1S/C22H34O/c1-5-15-13-19-17-7-6-16-12-14(2)8-10-21(16,3)18(17)9-11-22(19,4)20(15)23/h6,14-15,17-19H,5,7-13H2,1-4H3/t14?,15?,17-,18-,19+,21+,22+/m1/s1. The number of carbonyl (C=O) groups is 1. The summed E-state index contributed by atoms with van der Waals surface area (Å²) in [6.45, 7) is 9.52. The molecule has 0 aliphatic heterocycles. The summed E-state index contributed by atoms with van der Waals surface area (Å²) in [5.41, 5.74) is 2.23. The zero-order chi connectivity index (χ0) is 16.4. The van der Waals surface area contributed by atoms with E-state index in [1.807, 2.05) is 0 Å². The van der Waals surface area contributed by atoms with Gasteiger partial charge < -0.3 is 0 Å². The van der Waals surface area contributed by atoms with E-state index in [0.717, 1.165) is 30.6 Å². The Morgan fingerprint density at radius 1 is 1.13 bits per heavy atom. The zero-order valence-corrected chi connectivity index (χ0v) is 15.5. The van der Waals surface area contributed by atoms with Crippen molar-refractivity contribution in [2.24, 2.45) is 40.4 Å². The zero-order valence-electron chi connectivity index (χ0n) is 15.5. The lowest BCUT2D eigenvalue weighted by Gasteiger charge is -2.57. The highest BCUT2D eigenvalue weighted by molar-refractivity contribution is 5.89. The van der Waals surface area contributed by atoms with Crippen LogP contribution in [0.1, 0.15) is 79.1 Å². The van der Waals surface area contributed by atoms with Crippen molar-refractivity contribution in [2.45, 2.75) is 79.1 Å². The monoisotopic (exact) mass is 314 g/mol. The SMILES string of the molecule is CCC1C[C@H]2[C@@H]3CC=C4CC(C)CC[C@]4(C)[C@@H]3CC[C@]2(C)C1=O. The number of rotatable bonds is 1. The van der Waals surface area contributed by atoms with E-state index in [4.69, 9.17) is 0 Å². The lowest BCUT2D eigenvalue weighted by atomic mass is 9.47. The minimum Gasteiger partial charge on any atom is -0.299 e. The van der Waals surface area contributed by atoms with Crippen LogP contribution in [0.5, 0.6) is 0 Å².